The summed E-state index contributed by atoms with van der Waals surface area (Å²) in [6, 6.07) is 23.8. The zero-order valence-electron chi connectivity index (χ0n) is 19.7. The van der Waals surface area contributed by atoms with Crippen LogP contribution in [0.2, 0.25) is 0 Å². The van der Waals surface area contributed by atoms with E-state index < -0.39 is 10.8 Å². The Morgan fingerprint density at radius 3 is 1.43 bits per heavy atom. The molecule has 0 radical (unpaired) electrons. The molecule has 0 spiro atoms. The Hall–Kier alpha value is -3.66. The van der Waals surface area contributed by atoms with Crippen molar-refractivity contribution in [2.75, 3.05) is 14.2 Å². The smallest absolute Gasteiger partial charge is 0.214 e. The number of hydrogen-bond acceptors (Lipinski definition) is 4. The third-order valence-electron chi connectivity index (χ3n) is 9.21. The lowest BCUT2D eigenvalue weighted by molar-refractivity contribution is -0.152. The van der Waals surface area contributed by atoms with Crippen LogP contribution in [0.15, 0.2) is 84.9 Å². The third-order valence-corrected chi connectivity index (χ3v) is 9.21. The Kier molecular flexibility index (Phi) is 4.10. The average Bonchev–Trinajstić information content (AvgIpc) is 3.54. The minimum Gasteiger partial charge on any atom is -0.493 e. The van der Waals surface area contributed by atoms with Gasteiger partial charge in [0.15, 0.2) is 11.5 Å². The van der Waals surface area contributed by atoms with E-state index in [0.29, 0.717) is 11.5 Å². The van der Waals surface area contributed by atoms with Crippen LogP contribution in [-0.4, -0.2) is 25.8 Å². The Bertz CT molecular complexity index is 1300. The number of allylic oxidation sites excluding steroid dienone is 2. The fraction of sp³-hybridized carbons (Fsp3) is 0.290. The first-order valence-electron chi connectivity index (χ1n) is 12.3. The zero-order chi connectivity index (χ0) is 23.9. The summed E-state index contributed by atoms with van der Waals surface area (Å²) in [5, 5.41) is 0. The number of carbonyl (C=O) groups is 2. The second-order valence-corrected chi connectivity index (χ2v) is 10.3. The van der Waals surface area contributed by atoms with Crippen molar-refractivity contribution >= 4 is 11.6 Å². The van der Waals surface area contributed by atoms with Gasteiger partial charge in [-0.2, -0.15) is 0 Å². The van der Waals surface area contributed by atoms with E-state index in [1.807, 2.05) is 72.8 Å². The summed E-state index contributed by atoms with van der Waals surface area (Å²) in [7, 11) is 3.23. The molecule has 0 amide bonds. The molecule has 0 aliphatic heterocycles. The maximum atomic E-state index is 14.6. The molecule has 0 heterocycles. The highest BCUT2D eigenvalue weighted by atomic mass is 16.5. The van der Waals surface area contributed by atoms with E-state index in [2.05, 4.69) is 12.2 Å². The van der Waals surface area contributed by atoms with E-state index >= 15 is 0 Å². The largest absolute Gasteiger partial charge is 0.493 e. The van der Waals surface area contributed by atoms with Crippen LogP contribution in [0.4, 0.5) is 0 Å². The Labute approximate surface area is 204 Å². The van der Waals surface area contributed by atoms with Gasteiger partial charge >= 0.3 is 0 Å². The molecule has 2 fully saturated rings. The first-order chi connectivity index (χ1) is 17.1. The summed E-state index contributed by atoms with van der Waals surface area (Å²) in [5.41, 5.74) is 1.47. The quantitative estimate of drug-likeness (QED) is 0.410. The maximum absolute atomic E-state index is 14.6. The molecule has 3 aromatic carbocycles. The standard InChI is InChI=1S/C31H26O4/c1-34-24-16-22-23(17-25(24)35-2)31(21-11-7-4-8-12-21)27-19-14-13-18(15-19)26(27)30(22,28(32)29(31)33)20-9-5-3-6-10-20/h3-14,16-19,26-27H,15H2,1-2H3/t18-,19+,26+,27-,30+,31-. The monoisotopic (exact) mass is 462 g/mol. The van der Waals surface area contributed by atoms with E-state index in [0.717, 1.165) is 28.7 Å². The molecule has 5 aliphatic carbocycles. The van der Waals surface area contributed by atoms with Crippen molar-refractivity contribution in [3.8, 4) is 11.5 Å². The van der Waals surface area contributed by atoms with Crippen LogP contribution < -0.4 is 9.47 Å². The Balaban J connectivity index is 1.69. The van der Waals surface area contributed by atoms with E-state index in [9.17, 15) is 9.59 Å². The number of methoxy groups -OCH3 is 2. The molecule has 4 heteroatoms. The molecule has 0 unspecified atom stereocenters. The van der Waals surface area contributed by atoms with Crippen LogP contribution >= 0.6 is 0 Å². The lowest BCUT2D eigenvalue weighted by Gasteiger charge is -2.61. The number of Topliss-reactive ketones (excluding diaryl/α,β-unsaturated/α-hetero) is 2. The van der Waals surface area contributed by atoms with Gasteiger partial charge in [-0.1, -0.05) is 72.8 Å². The van der Waals surface area contributed by atoms with Crippen molar-refractivity contribution in [3.63, 3.8) is 0 Å². The highest BCUT2D eigenvalue weighted by Gasteiger charge is 2.77. The van der Waals surface area contributed by atoms with Gasteiger partial charge in [-0.05, 0) is 64.5 Å². The van der Waals surface area contributed by atoms with Crippen molar-refractivity contribution in [3.05, 3.63) is 107 Å². The van der Waals surface area contributed by atoms with Crippen molar-refractivity contribution in [2.45, 2.75) is 17.3 Å². The molecule has 5 aliphatic rings. The SMILES string of the molecule is COc1cc2c(cc1OC)[C@@]1(c3ccccc3)C(=O)C(=O)[C@]2(c2ccccc2)[C@@H]2[C@H]1[C@H]1C=C[C@@H]2C1. The molecular formula is C31H26O4. The summed E-state index contributed by atoms with van der Waals surface area (Å²) in [4.78, 5) is 29.2. The van der Waals surface area contributed by atoms with E-state index in [-0.39, 0.29) is 35.2 Å². The molecule has 3 aromatic rings. The molecule has 8 rings (SSSR count). The first kappa shape index (κ1) is 20.7. The number of hydrogen-bond donors (Lipinski definition) is 0. The molecule has 4 bridgehead atoms. The van der Waals surface area contributed by atoms with Gasteiger partial charge in [0.2, 0.25) is 11.6 Å². The predicted molar refractivity (Wildman–Crippen MR) is 132 cm³/mol. The van der Waals surface area contributed by atoms with Gasteiger partial charge < -0.3 is 9.47 Å². The molecule has 174 valence electrons. The minimum absolute atomic E-state index is 0.00379. The topological polar surface area (TPSA) is 52.6 Å². The van der Waals surface area contributed by atoms with Crippen LogP contribution in [-0.2, 0) is 20.4 Å². The van der Waals surface area contributed by atoms with E-state index in [1.54, 1.807) is 14.2 Å². The lowest BCUT2D eigenvalue weighted by atomic mass is 9.37. The van der Waals surface area contributed by atoms with Gasteiger partial charge in [0, 0.05) is 0 Å². The van der Waals surface area contributed by atoms with Gasteiger partial charge in [-0.3, -0.25) is 9.59 Å². The minimum atomic E-state index is -1.04. The Morgan fingerprint density at radius 2 is 1.06 bits per heavy atom. The van der Waals surface area contributed by atoms with Gasteiger partial charge in [0.05, 0.1) is 25.0 Å². The fourth-order valence-corrected chi connectivity index (χ4v) is 8.16. The van der Waals surface area contributed by atoms with Crippen LogP contribution in [0, 0.1) is 23.7 Å². The number of ketones is 2. The van der Waals surface area contributed by atoms with Gasteiger partial charge in [-0.25, -0.2) is 0 Å². The first-order valence-corrected chi connectivity index (χ1v) is 12.3. The molecule has 0 saturated heterocycles. The molecule has 0 N–H and O–H groups in total. The maximum Gasteiger partial charge on any atom is 0.214 e. The van der Waals surface area contributed by atoms with Crippen molar-refractivity contribution in [1.82, 2.24) is 0 Å². The average molecular weight is 463 g/mol. The highest BCUT2D eigenvalue weighted by Crippen LogP contribution is 2.72. The summed E-state index contributed by atoms with van der Waals surface area (Å²) >= 11 is 0. The van der Waals surface area contributed by atoms with Crippen LogP contribution in [0.1, 0.15) is 28.7 Å². The lowest BCUT2D eigenvalue weighted by Crippen LogP contribution is -2.70. The molecule has 35 heavy (non-hydrogen) atoms. The zero-order valence-corrected chi connectivity index (χ0v) is 19.7. The van der Waals surface area contributed by atoms with Crippen LogP contribution in [0.3, 0.4) is 0 Å². The number of carbonyl (C=O) groups excluding carboxylic acids is 2. The summed E-state index contributed by atoms with van der Waals surface area (Å²) in [5.74, 6) is 1.04. The normalized spacial score (nSPS) is 33.5. The second-order valence-electron chi connectivity index (χ2n) is 10.3. The predicted octanol–water partition coefficient (Wildman–Crippen LogP) is 4.88. The van der Waals surface area contributed by atoms with Gasteiger partial charge in [-0.15, -0.1) is 0 Å². The number of fused-ring (bicyclic) bond motifs is 3. The fourth-order valence-electron chi connectivity index (χ4n) is 8.16. The van der Waals surface area contributed by atoms with Crippen LogP contribution in [0.5, 0.6) is 11.5 Å². The Morgan fingerprint density at radius 1 is 0.657 bits per heavy atom. The number of benzene rings is 3. The molecule has 6 atom stereocenters. The third kappa shape index (κ3) is 2.20. The van der Waals surface area contributed by atoms with Crippen molar-refractivity contribution in [1.29, 1.82) is 0 Å². The molecule has 0 aromatic heterocycles. The summed E-state index contributed by atoms with van der Waals surface area (Å²) in [6.07, 6.45) is 5.55. The highest BCUT2D eigenvalue weighted by molar-refractivity contribution is 6.47. The number of ether oxygens (including phenoxy) is 2. The second kappa shape index (κ2) is 6.94. The van der Waals surface area contributed by atoms with Gasteiger partial charge in [0.1, 0.15) is 0 Å². The molecule has 2 saturated carbocycles. The molecule has 4 nitrogen and oxygen atoms in total. The summed E-state index contributed by atoms with van der Waals surface area (Å²) < 4.78 is 11.5. The summed E-state index contributed by atoms with van der Waals surface area (Å²) in [6.45, 7) is 0. The van der Waals surface area contributed by atoms with E-state index in [4.69, 9.17) is 9.47 Å². The van der Waals surface area contributed by atoms with E-state index in [1.165, 1.54) is 0 Å². The molecular weight excluding hydrogens is 436 g/mol. The van der Waals surface area contributed by atoms with Crippen molar-refractivity contribution < 1.29 is 19.1 Å². The number of rotatable bonds is 4. The van der Waals surface area contributed by atoms with Crippen LogP contribution in [0.25, 0.3) is 0 Å². The van der Waals surface area contributed by atoms with Crippen molar-refractivity contribution in [2.24, 2.45) is 23.7 Å². The van der Waals surface area contributed by atoms with Gasteiger partial charge in [0.25, 0.3) is 0 Å².